The van der Waals surface area contributed by atoms with Crippen molar-refractivity contribution in [3.8, 4) is 0 Å². The number of nitrogens with zero attached hydrogens (tertiary/aromatic N) is 1. The highest BCUT2D eigenvalue weighted by atomic mass is 19.1. The van der Waals surface area contributed by atoms with Gasteiger partial charge in [0.1, 0.15) is 0 Å². The van der Waals surface area contributed by atoms with Crippen LogP contribution in [0, 0.1) is 0 Å². The van der Waals surface area contributed by atoms with E-state index in [9.17, 15) is 9.59 Å². The minimum Gasteiger partial charge on any atom is -0.466 e. The Morgan fingerprint density at radius 2 is 1.83 bits per heavy atom. The number of carbonyl (C=O) groups is 2. The molecule has 0 bridgehead atoms. The lowest BCUT2D eigenvalue weighted by Crippen LogP contribution is -2.42. The van der Waals surface area contributed by atoms with E-state index in [1.165, 1.54) is 11.0 Å². The molecule has 5 heteroatoms. The Hall–Kier alpha value is -2.69. The molecule has 1 atom stereocenters. The topological polar surface area (TPSA) is 46.6 Å². The first kappa shape index (κ1) is 13.9. The van der Waals surface area contributed by atoms with Crippen molar-refractivity contribution in [2.75, 3.05) is 12.0 Å². The zero-order valence-corrected chi connectivity index (χ0v) is 12.5. The van der Waals surface area contributed by atoms with Gasteiger partial charge >= 0.3 is 11.6 Å². The van der Waals surface area contributed by atoms with Gasteiger partial charge in [0.15, 0.2) is 0 Å². The molecule has 0 saturated carbocycles. The summed E-state index contributed by atoms with van der Waals surface area (Å²) >= 11 is 0. The van der Waals surface area contributed by atoms with Crippen molar-refractivity contribution in [2.24, 2.45) is 0 Å². The summed E-state index contributed by atoms with van der Waals surface area (Å²) in [6, 6.07) is 12.4. The van der Waals surface area contributed by atoms with E-state index in [1.54, 1.807) is 18.2 Å². The first-order valence-electron chi connectivity index (χ1n) is 7.41. The molecule has 0 spiro atoms. The fourth-order valence-corrected chi connectivity index (χ4v) is 3.48. The number of hydrogen-bond donors (Lipinski definition) is 0. The van der Waals surface area contributed by atoms with E-state index in [2.05, 4.69) is 4.74 Å². The number of amides is 1. The fourth-order valence-electron chi connectivity index (χ4n) is 3.48. The molecule has 1 unspecified atom stereocenters. The molecule has 2 aromatic rings. The quantitative estimate of drug-likeness (QED) is 0.601. The van der Waals surface area contributed by atoms with Gasteiger partial charge in [-0.05, 0) is 30.0 Å². The standard InChI is InChI=1S/C18H14FNO3/c1-23-17(22)18(19)13-7-4-6-12-10-9-11-5-2-3-8-14(11)20(15(12)13)16(18)21/h2-8H,9-10H2,1H3. The van der Waals surface area contributed by atoms with Crippen LogP contribution in [-0.4, -0.2) is 19.0 Å². The smallest absolute Gasteiger partial charge is 0.358 e. The van der Waals surface area contributed by atoms with E-state index >= 15 is 4.39 Å². The van der Waals surface area contributed by atoms with E-state index in [0.29, 0.717) is 17.8 Å². The molecule has 2 aliphatic rings. The van der Waals surface area contributed by atoms with Gasteiger partial charge in [-0.1, -0.05) is 36.4 Å². The Morgan fingerprint density at radius 1 is 1.13 bits per heavy atom. The van der Waals surface area contributed by atoms with Crippen molar-refractivity contribution in [2.45, 2.75) is 18.5 Å². The summed E-state index contributed by atoms with van der Waals surface area (Å²) in [7, 11) is 1.09. The number of alkyl halides is 1. The largest absolute Gasteiger partial charge is 0.466 e. The summed E-state index contributed by atoms with van der Waals surface area (Å²) in [6.07, 6.45) is 1.44. The molecule has 0 N–H and O–H groups in total. The number of halogens is 1. The second-order valence-corrected chi connectivity index (χ2v) is 5.73. The highest BCUT2D eigenvalue weighted by molar-refractivity contribution is 6.22. The maximum atomic E-state index is 15.5. The van der Waals surface area contributed by atoms with Gasteiger partial charge in [0, 0.05) is 5.56 Å². The predicted molar refractivity (Wildman–Crippen MR) is 82.2 cm³/mol. The summed E-state index contributed by atoms with van der Waals surface area (Å²) in [5.41, 5.74) is 0.212. The van der Waals surface area contributed by atoms with Crippen LogP contribution in [0.1, 0.15) is 16.7 Å². The molecular weight excluding hydrogens is 297 g/mol. The van der Waals surface area contributed by atoms with Crippen molar-refractivity contribution >= 4 is 23.3 Å². The third-order valence-electron chi connectivity index (χ3n) is 4.57. The molecule has 4 rings (SSSR count). The van der Waals surface area contributed by atoms with Crippen LogP contribution < -0.4 is 4.90 Å². The van der Waals surface area contributed by atoms with Crippen LogP contribution in [0.4, 0.5) is 15.8 Å². The molecule has 23 heavy (non-hydrogen) atoms. The van der Waals surface area contributed by atoms with Crippen molar-refractivity contribution in [1.29, 1.82) is 0 Å². The molecule has 4 nitrogen and oxygen atoms in total. The van der Waals surface area contributed by atoms with Gasteiger partial charge in [-0.2, -0.15) is 0 Å². The second-order valence-electron chi connectivity index (χ2n) is 5.73. The number of para-hydroxylation sites is 2. The number of fused-ring (bicyclic) bond motifs is 2. The Morgan fingerprint density at radius 3 is 2.61 bits per heavy atom. The number of benzene rings is 2. The van der Waals surface area contributed by atoms with Gasteiger partial charge in [-0.25, -0.2) is 9.18 Å². The summed E-state index contributed by atoms with van der Waals surface area (Å²) in [4.78, 5) is 26.3. The molecular formula is C18H14FNO3. The number of ether oxygens (including phenoxy) is 1. The first-order chi connectivity index (χ1) is 11.1. The molecule has 2 aromatic carbocycles. The average Bonchev–Trinajstić information content (AvgIpc) is 2.73. The highest BCUT2D eigenvalue weighted by Gasteiger charge is 2.60. The van der Waals surface area contributed by atoms with Crippen LogP contribution in [0.25, 0.3) is 0 Å². The number of carbonyl (C=O) groups excluding carboxylic acids is 2. The van der Waals surface area contributed by atoms with E-state index in [-0.39, 0.29) is 5.56 Å². The maximum Gasteiger partial charge on any atom is 0.358 e. The molecule has 1 amide bonds. The van der Waals surface area contributed by atoms with E-state index in [1.807, 2.05) is 18.2 Å². The molecule has 0 aromatic heterocycles. The summed E-state index contributed by atoms with van der Waals surface area (Å²) < 4.78 is 20.1. The van der Waals surface area contributed by atoms with Crippen LogP contribution >= 0.6 is 0 Å². The van der Waals surface area contributed by atoms with E-state index in [0.717, 1.165) is 24.7 Å². The van der Waals surface area contributed by atoms with E-state index < -0.39 is 17.5 Å². The van der Waals surface area contributed by atoms with Gasteiger partial charge in [-0.15, -0.1) is 0 Å². The molecule has 2 aliphatic heterocycles. The molecule has 116 valence electrons. The summed E-state index contributed by atoms with van der Waals surface area (Å²) in [6.45, 7) is 0. The van der Waals surface area contributed by atoms with Gasteiger partial charge in [0.05, 0.1) is 18.5 Å². The summed E-state index contributed by atoms with van der Waals surface area (Å²) in [5, 5.41) is 0. The summed E-state index contributed by atoms with van der Waals surface area (Å²) in [5.74, 6) is -2.08. The van der Waals surface area contributed by atoms with Gasteiger partial charge in [-0.3, -0.25) is 9.69 Å². The minimum absolute atomic E-state index is 0.0727. The Bertz CT molecular complexity index is 848. The Labute approximate surface area is 132 Å². The second kappa shape index (κ2) is 4.65. The maximum absolute atomic E-state index is 15.5. The number of hydrogen-bond acceptors (Lipinski definition) is 3. The van der Waals surface area contributed by atoms with Crippen LogP contribution in [-0.2, 0) is 32.8 Å². The zero-order chi connectivity index (χ0) is 16.2. The minimum atomic E-state index is -2.79. The van der Waals surface area contributed by atoms with Crippen LogP contribution in [0.5, 0.6) is 0 Å². The average molecular weight is 311 g/mol. The van der Waals surface area contributed by atoms with Crippen molar-refractivity contribution in [3.05, 3.63) is 59.2 Å². The van der Waals surface area contributed by atoms with Gasteiger partial charge in [0.25, 0.3) is 5.91 Å². The van der Waals surface area contributed by atoms with Crippen LogP contribution in [0.2, 0.25) is 0 Å². The first-order valence-corrected chi connectivity index (χ1v) is 7.41. The lowest BCUT2D eigenvalue weighted by Gasteiger charge is -2.21. The van der Waals surface area contributed by atoms with Crippen molar-refractivity contribution in [1.82, 2.24) is 0 Å². The highest BCUT2D eigenvalue weighted by Crippen LogP contribution is 2.51. The van der Waals surface area contributed by atoms with Gasteiger partial charge < -0.3 is 4.74 Å². The third-order valence-corrected chi connectivity index (χ3v) is 4.57. The molecule has 0 radical (unpaired) electrons. The number of rotatable bonds is 1. The number of methoxy groups -OCH3 is 1. The van der Waals surface area contributed by atoms with Crippen LogP contribution in [0.15, 0.2) is 42.5 Å². The zero-order valence-electron chi connectivity index (χ0n) is 12.5. The molecule has 0 saturated heterocycles. The van der Waals surface area contributed by atoms with E-state index in [4.69, 9.17) is 0 Å². The SMILES string of the molecule is COC(=O)C1(F)C(=O)N2c3ccccc3CCc3cccc1c32. The van der Waals surface area contributed by atoms with Crippen molar-refractivity contribution in [3.63, 3.8) is 0 Å². The fraction of sp³-hybridized carbons (Fsp3) is 0.222. The lowest BCUT2D eigenvalue weighted by atomic mass is 9.94. The number of esters is 1. The molecule has 0 fully saturated rings. The monoisotopic (exact) mass is 311 g/mol. The van der Waals surface area contributed by atoms with Crippen molar-refractivity contribution < 1.29 is 18.7 Å². The normalized spacial score (nSPS) is 21.5. The molecule has 2 heterocycles. The number of anilines is 2. The number of aryl methyl sites for hydroxylation is 2. The molecule has 0 aliphatic carbocycles. The van der Waals surface area contributed by atoms with Gasteiger partial charge in [0.2, 0.25) is 0 Å². The third kappa shape index (κ3) is 1.64. The Kier molecular flexibility index (Phi) is 2.82. The predicted octanol–water partition coefficient (Wildman–Crippen LogP) is 2.80. The Balaban J connectivity index is 2.05. The van der Waals surface area contributed by atoms with Crippen LogP contribution in [0.3, 0.4) is 0 Å². The lowest BCUT2D eigenvalue weighted by molar-refractivity contribution is -0.159.